The van der Waals surface area contributed by atoms with Crippen molar-refractivity contribution in [2.75, 3.05) is 17.7 Å². The van der Waals surface area contributed by atoms with Crippen molar-refractivity contribution in [2.45, 2.75) is 0 Å². The number of hydrogen-bond donors (Lipinski definition) is 2. The molecule has 0 spiro atoms. The second-order valence-corrected chi connectivity index (χ2v) is 5.53. The Hall–Kier alpha value is -3.61. The molecule has 0 unspecified atom stereocenters. The molecule has 0 bridgehead atoms. The van der Waals surface area contributed by atoms with E-state index in [-0.39, 0.29) is 11.8 Å². The Morgan fingerprint density at radius 1 is 1.00 bits per heavy atom. The highest BCUT2D eigenvalue weighted by Crippen LogP contribution is 2.28. The van der Waals surface area contributed by atoms with Gasteiger partial charge in [-0.05, 0) is 36.4 Å². The minimum Gasteiger partial charge on any atom is -0.495 e. The van der Waals surface area contributed by atoms with Gasteiger partial charge in [0.2, 0.25) is 0 Å². The van der Waals surface area contributed by atoms with Crippen LogP contribution in [0.15, 0.2) is 60.8 Å². The smallest absolute Gasteiger partial charge is 0.273 e. The molecule has 132 valence electrons. The molecule has 0 aliphatic carbocycles. The molecule has 26 heavy (non-hydrogen) atoms. The molecule has 3 rings (SSSR count). The first kappa shape index (κ1) is 17.2. The summed E-state index contributed by atoms with van der Waals surface area (Å²) >= 11 is 0. The van der Waals surface area contributed by atoms with E-state index in [1.54, 1.807) is 61.8 Å². The zero-order chi connectivity index (χ0) is 18.5. The van der Waals surface area contributed by atoms with Gasteiger partial charge >= 0.3 is 0 Å². The van der Waals surface area contributed by atoms with Gasteiger partial charge in [0, 0.05) is 24.5 Å². The molecular formula is C19H18N4O3. The van der Waals surface area contributed by atoms with Crippen molar-refractivity contribution in [2.24, 2.45) is 7.05 Å². The van der Waals surface area contributed by atoms with Gasteiger partial charge in [-0.25, -0.2) is 0 Å². The molecule has 1 heterocycles. The van der Waals surface area contributed by atoms with Crippen molar-refractivity contribution in [1.29, 1.82) is 0 Å². The Labute approximate surface area is 150 Å². The summed E-state index contributed by atoms with van der Waals surface area (Å²) in [6.07, 6.45) is 1.55. The zero-order valence-electron chi connectivity index (χ0n) is 14.4. The van der Waals surface area contributed by atoms with Gasteiger partial charge in [0.1, 0.15) is 11.4 Å². The highest BCUT2D eigenvalue weighted by molar-refractivity contribution is 6.06. The fourth-order valence-corrected chi connectivity index (χ4v) is 2.46. The molecule has 0 saturated heterocycles. The van der Waals surface area contributed by atoms with Crippen molar-refractivity contribution in [1.82, 2.24) is 9.78 Å². The second-order valence-electron chi connectivity index (χ2n) is 5.53. The Morgan fingerprint density at radius 3 is 2.42 bits per heavy atom. The van der Waals surface area contributed by atoms with Crippen LogP contribution in [0.1, 0.15) is 20.8 Å². The number of carbonyl (C=O) groups excluding carboxylic acids is 2. The number of nitrogens with one attached hydrogen (secondary N) is 2. The SMILES string of the molecule is COc1ccc(NC(=O)c2ccnn2C)cc1NC(=O)c1ccccc1. The number of ether oxygens (including phenoxy) is 1. The third kappa shape index (κ3) is 3.72. The molecule has 7 nitrogen and oxygen atoms in total. The summed E-state index contributed by atoms with van der Waals surface area (Å²) in [7, 11) is 3.20. The van der Waals surface area contributed by atoms with Crippen LogP contribution in [0.2, 0.25) is 0 Å². The number of anilines is 2. The van der Waals surface area contributed by atoms with Gasteiger partial charge in [0.25, 0.3) is 11.8 Å². The van der Waals surface area contributed by atoms with Crippen molar-refractivity contribution in [3.05, 3.63) is 72.1 Å². The van der Waals surface area contributed by atoms with E-state index in [0.717, 1.165) is 0 Å². The van der Waals surface area contributed by atoms with Crippen LogP contribution in [0.25, 0.3) is 0 Å². The quantitative estimate of drug-likeness (QED) is 0.741. The van der Waals surface area contributed by atoms with Crippen molar-refractivity contribution < 1.29 is 14.3 Å². The molecule has 2 amide bonds. The molecule has 3 aromatic rings. The number of methoxy groups -OCH3 is 1. The zero-order valence-corrected chi connectivity index (χ0v) is 14.4. The lowest BCUT2D eigenvalue weighted by atomic mass is 10.2. The Bertz CT molecular complexity index is 935. The highest BCUT2D eigenvalue weighted by atomic mass is 16.5. The lowest BCUT2D eigenvalue weighted by Crippen LogP contribution is -2.17. The topological polar surface area (TPSA) is 85.2 Å². The van der Waals surface area contributed by atoms with Crippen LogP contribution in [-0.2, 0) is 7.05 Å². The summed E-state index contributed by atoms with van der Waals surface area (Å²) in [6, 6.07) is 15.5. The number of carbonyl (C=O) groups is 2. The van der Waals surface area contributed by atoms with Gasteiger partial charge in [0.05, 0.1) is 12.8 Å². The van der Waals surface area contributed by atoms with Gasteiger partial charge in [-0.3, -0.25) is 14.3 Å². The molecular weight excluding hydrogens is 332 g/mol. The number of amides is 2. The first-order valence-corrected chi connectivity index (χ1v) is 7.92. The Balaban J connectivity index is 1.81. The van der Waals surface area contributed by atoms with Crippen LogP contribution in [0.3, 0.4) is 0 Å². The summed E-state index contributed by atoms with van der Waals surface area (Å²) in [4.78, 5) is 24.7. The lowest BCUT2D eigenvalue weighted by molar-refractivity contribution is 0.101. The molecule has 7 heteroatoms. The molecule has 0 atom stereocenters. The van der Waals surface area contributed by atoms with E-state index in [1.807, 2.05) is 6.07 Å². The summed E-state index contributed by atoms with van der Waals surface area (Å²) in [6.45, 7) is 0. The van der Waals surface area contributed by atoms with Crippen molar-refractivity contribution in [3.63, 3.8) is 0 Å². The van der Waals surface area contributed by atoms with E-state index in [1.165, 1.54) is 11.8 Å². The average molecular weight is 350 g/mol. The lowest BCUT2D eigenvalue weighted by Gasteiger charge is -2.13. The highest BCUT2D eigenvalue weighted by Gasteiger charge is 2.13. The normalized spacial score (nSPS) is 10.2. The van der Waals surface area contributed by atoms with Crippen LogP contribution in [0.4, 0.5) is 11.4 Å². The van der Waals surface area contributed by atoms with Gasteiger partial charge < -0.3 is 15.4 Å². The van der Waals surface area contributed by atoms with E-state index >= 15 is 0 Å². The number of nitrogens with zero attached hydrogens (tertiary/aromatic N) is 2. The summed E-state index contributed by atoms with van der Waals surface area (Å²) < 4.78 is 6.77. The van der Waals surface area contributed by atoms with Gasteiger partial charge in [0.15, 0.2) is 0 Å². The third-order valence-electron chi connectivity index (χ3n) is 3.80. The second kappa shape index (κ2) is 7.52. The molecule has 0 radical (unpaired) electrons. The summed E-state index contributed by atoms with van der Waals surface area (Å²) in [5, 5.41) is 9.56. The Kier molecular flexibility index (Phi) is 4.98. The van der Waals surface area contributed by atoms with Gasteiger partial charge in [-0.1, -0.05) is 18.2 Å². The minimum absolute atomic E-state index is 0.265. The fraction of sp³-hybridized carbons (Fsp3) is 0.105. The van der Waals surface area contributed by atoms with Gasteiger partial charge in [-0.2, -0.15) is 5.10 Å². The van der Waals surface area contributed by atoms with Crippen LogP contribution in [-0.4, -0.2) is 28.7 Å². The number of hydrogen-bond acceptors (Lipinski definition) is 4. The predicted octanol–water partition coefficient (Wildman–Crippen LogP) is 2.93. The molecule has 0 saturated carbocycles. The standard InChI is InChI=1S/C19H18N4O3/c1-23-16(10-11-20-23)19(25)21-14-8-9-17(26-2)15(12-14)22-18(24)13-6-4-3-5-7-13/h3-12H,1-2H3,(H,21,25)(H,22,24). The number of aryl methyl sites for hydroxylation is 1. The van der Waals surface area contributed by atoms with Crippen molar-refractivity contribution in [3.8, 4) is 5.75 Å². The maximum Gasteiger partial charge on any atom is 0.273 e. The Morgan fingerprint density at radius 2 is 1.77 bits per heavy atom. The molecule has 2 N–H and O–H groups in total. The number of benzene rings is 2. The first-order valence-electron chi connectivity index (χ1n) is 7.92. The summed E-state index contributed by atoms with van der Waals surface area (Å²) in [5.41, 5.74) is 1.94. The molecule has 1 aromatic heterocycles. The molecule has 0 aliphatic heterocycles. The fourth-order valence-electron chi connectivity index (χ4n) is 2.46. The van der Waals surface area contributed by atoms with Crippen LogP contribution in [0.5, 0.6) is 5.75 Å². The van der Waals surface area contributed by atoms with Crippen molar-refractivity contribution >= 4 is 23.2 Å². The van der Waals surface area contributed by atoms with Crippen LogP contribution in [0, 0.1) is 0 Å². The van der Waals surface area contributed by atoms with Gasteiger partial charge in [-0.15, -0.1) is 0 Å². The van der Waals surface area contributed by atoms with E-state index in [4.69, 9.17) is 4.74 Å². The van der Waals surface area contributed by atoms with E-state index in [9.17, 15) is 9.59 Å². The maximum absolute atomic E-state index is 12.4. The minimum atomic E-state index is -0.296. The molecule has 0 aliphatic rings. The maximum atomic E-state index is 12.4. The molecule has 2 aromatic carbocycles. The number of aromatic nitrogens is 2. The van der Waals surface area contributed by atoms with E-state index in [2.05, 4.69) is 15.7 Å². The first-order chi connectivity index (χ1) is 12.6. The predicted molar refractivity (Wildman–Crippen MR) is 98.6 cm³/mol. The van der Waals surface area contributed by atoms with E-state index < -0.39 is 0 Å². The monoisotopic (exact) mass is 350 g/mol. The van der Waals surface area contributed by atoms with E-state index in [0.29, 0.717) is 28.4 Å². The summed E-state index contributed by atoms with van der Waals surface area (Å²) in [5.74, 6) is -0.0673. The average Bonchev–Trinajstić information content (AvgIpc) is 3.09. The molecule has 0 fully saturated rings. The number of rotatable bonds is 5. The largest absolute Gasteiger partial charge is 0.495 e. The van der Waals surface area contributed by atoms with Crippen LogP contribution >= 0.6 is 0 Å². The van der Waals surface area contributed by atoms with Crippen LogP contribution < -0.4 is 15.4 Å². The third-order valence-corrected chi connectivity index (χ3v) is 3.80.